The van der Waals surface area contributed by atoms with Crippen molar-refractivity contribution in [2.75, 3.05) is 13.3 Å². The van der Waals surface area contributed by atoms with Crippen molar-refractivity contribution in [2.24, 2.45) is 5.92 Å². The summed E-state index contributed by atoms with van der Waals surface area (Å²) in [6.45, 7) is 4.49. The number of amides is 1. The van der Waals surface area contributed by atoms with Crippen molar-refractivity contribution in [3.05, 3.63) is 53.6 Å². The Morgan fingerprint density at radius 2 is 1.88 bits per heavy atom. The zero-order chi connectivity index (χ0) is 23.4. The molecule has 0 aromatic heterocycles. The number of fused-ring (bicyclic) bond motifs is 3. The molecule has 2 saturated heterocycles. The van der Waals surface area contributed by atoms with Crippen LogP contribution in [0.15, 0.2) is 42.5 Å². The molecule has 2 aromatic carbocycles. The summed E-state index contributed by atoms with van der Waals surface area (Å²) < 4.78 is 29.5. The van der Waals surface area contributed by atoms with Gasteiger partial charge >= 0.3 is 6.09 Å². The van der Waals surface area contributed by atoms with E-state index in [-0.39, 0.29) is 36.9 Å². The van der Waals surface area contributed by atoms with Gasteiger partial charge in [-0.2, -0.15) is 0 Å². The van der Waals surface area contributed by atoms with E-state index in [1.54, 1.807) is 23.1 Å². The van der Waals surface area contributed by atoms with Crippen LogP contribution in [0.5, 0.6) is 17.2 Å². The monoisotopic (exact) mass is 465 g/mol. The molecule has 0 spiro atoms. The van der Waals surface area contributed by atoms with Crippen molar-refractivity contribution in [1.29, 1.82) is 0 Å². The highest BCUT2D eigenvalue weighted by Crippen LogP contribution is 2.52. The first-order valence-corrected chi connectivity index (χ1v) is 11.7. The number of carbonyl (C=O) groups is 2. The van der Waals surface area contributed by atoms with Crippen molar-refractivity contribution in [1.82, 2.24) is 4.90 Å². The van der Waals surface area contributed by atoms with Gasteiger partial charge < -0.3 is 28.6 Å². The second kappa shape index (κ2) is 7.99. The zero-order valence-electron chi connectivity index (χ0n) is 19.1. The van der Waals surface area contributed by atoms with E-state index >= 15 is 0 Å². The molecule has 4 aliphatic rings. The second-order valence-corrected chi connectivity index (χ2v) is 9.77. The van der Waals surface area contributed by atoms with Crippen LogP contribution in [0.25, 0.3) is 0 Å². The van der Waals surface area contributed by atoms with Gasteiger partial charge in [0.1, 0.15) is 12.0 Å². The van der Waals surface area contributed by atoms with Gasteiger partial charge in [-0.15, -0.1) is 0 Å². The molecule has 6 rings (SSSR count). The second-order valence-electron chi connectivity index (χ2n) is 9.77. The number of likely N-dealkylation sites (tertiary alicyclic amines) is 1. The van der Waals surface area contributed by atoms with Crippen LogP contribution in [0.2, 0.25) is 0 Å². The highest BCUT2D eigenvalue weighted by Gasteiger charge is 2.58. The largest absolute Gasteiger partial charge is 0.454 e. The van der Waals surface area contributed by atoms with E-state index in [0.717, 1.165) is 24.7 Å². The Labute approximate surface area is 197 Å². The highest BCUT2D eigenvalue weighted by molar-refractivity contribution is 5.80. The van der Waals surface area contributed by atoms with Crippen LogP contribution >= 0.6 is 0 Å². The predicted octanol–water partition coefficient (Wildman–Crippen LogP) is 4.12. The average Bonchev–Trinajstić information content (AvgIpc) is 3.52. The summed E-state index contributed by atoms with van der Waals surface area (Å²) in [5.41, 5.74) is 1.29. The number of rotatable bonds is 3. The summed E-state index contributed by atoms with van der Waals surface area (Å²) in [5, 5.41) is 0. The molecule has 3 heterocycles. The van der Waals surface area contributed by atoms with Gasteiger partial charge in [-0.1, -0.05) is 18.2 Å². The van der Waals surface area contributed by atoms with Gasteiger partial charge in [-0.25, -0.2) is 4.79 Å². The van der Waals surface area contributed by atoms with E-state index in [2.05, 4.69) is 0 Å². The minimum Gasteiger partial charge on any atom is -0.454 e. The van der Waals surface area contributed by atoms with Crippen LogP contribution < -0.4 is 14.2 Å². The molecule has 0 N–H and O–H groups in total. The molecule has 178 valence electrons. The van der Waals surface area contributed by atoms with Crippen LogP contribution in [0, 0.1) is 5.92 Å². The normalized spacial score (nSPS) is 30.5. The quantitative estimate of drug-likeness (QED) is 0.631. The Morgan fingerprint density at radius 1 is 1.12 bits per heavy atom. The molecule has 5 atom stereocenters. The van der Waals surface area contributed by atoms with E-state index in [4.69, 9.17) is 23.7 Å². The molecule has 34 heavy (non-hydrogen) atoms. The molecular weight excluding hydrogens is 438 g/mol. The first-order valence-electron chi connectivity index (χ1n) is 11.7. The third-order valence-corrected chi connectivity index (χ3v) is 7.31. The van der Waals surface area contributed by atoms with Gasteiger partial charge in [0.25, 0.3) is 0 Å². The Kier molecular flexibility index (Phi) is 5.04. The molecule has 2 aromatic rings. The van der Waals surface area contributed by atoms with Crippen LogP contribution in [-0.4, -0.2) is 54.7 Å². The number of para-hydroxylation sites is 1. The first kappa shape index (κ1) is 21.4. The van der Waals surface area contributed by atoms with Gasteiger partial charge in [0.05, 0.1) is 12.2 Å². The van der Waals surface area contributed by atoms with Crippen molar-refractivity contribution in [3.63, 3.8) is 0 Å². The summed E-state index contributed by atoms with van der Waals surface area (Å²) >= 11 is 0. The molecule has 0 radical (unpaired) electrons. The van der Waals surface area contributed by atoms with Gasteiger partial charge in [0, 0.05) is 24.1 Å². The molecule has 1 saturated carbocycles. The Balaban J connectivity index is 1.41. The maximum absolute atomic E-state index is 13.3. The molecular formula is C26H27NO7. The SMILES string of the molecule is CC1(C)OC2C[C@H]3CCN(C(=O)Oc4ccccc4)[C@H]3[C@H](c3cc4c(cc3C=O)OCO4)[C@H]2O1. The third kappa shape index (κ3) is 3.52. The number of ether oxygens (including phenoxy) is 5. The molecule has 8 heteroatoms. The molecule has 1 amide bonds. The minimum absolute atomic E-state index is 0.113. The Morgan fingerprint density at radius 3 is 2.65 bits per heavy atom. The van der Waals surface area contributed by atoms with Crippen molar-refractivity contribution in [2.45, 2.75) is 56.6 Å². The predicted molar refractivity (Wildman–Crippen MR) is 120 cm³/mol. The van der Waals surface area contributed by atoms with E-state index in [1.165, 1.54) is 0 Å². The summed E-state index contributed by atoms with van der Waals surface area (Å²) in [7, 11) is 0. The van der Waals surface area contributed by atoms with Crippen LogP contribution in [0.1, 0.15) is 48.5 Å². The summed E-state index contributed by atoms with van der Waals surface area (Å²) in [5.74, 6) is 0.793. The van der Waals surface area contributed by atoms with Crippen LogP contribution in [0.4, 0.5) is 4.79 Å². The number of carbonyl (C=O) groups excluding carboxylic acids is 2. The lowest BCUT2D eigenvalue weighted by molar-refractivity contribution is -0.147. The maximum atomic E-state index is 13.3. The number of nitrogens with zero attached hydrogens (tertiary/aromatic N) is 1. The number of benzene rings is 2. The van der Waals surface area contributed by atoms with Crippen molar-refractivity contribution in [3.8, 4) is 17.2 Å². The van der Waals surface area contributed by atoms with Crippen LogP contribution in [-0.2, 0) is 9.47 Å². The average molecular weight is 466 g/mol. The first-order chi connectivity index (χ1) is 16.4. The molecule has 8 nitrogen and oxygen atoms in total. The third-order valence-electron chi connectivity index (χ3n) is 7.31. The lowest BCUT2D eigenvalue weighted by Gasteiger charge is -2.43. The van der Waals surface area contributed by atoms with E-state index in [0.29, 0.717) is 29.4 Å². The summed E-state index contributed by atoms with van der Waals surface area (Å²) in [6.07, 6.45) is 1.61. The van der Waals surface area contributed by atoms with Gasteiger partial charge in [-0.3, -0.25) is 4.79 Å². The van der Waals surface area contributed by atoms with Gasteiger partial charge in [-0.05, 0) is 62.4 Å². The number of aldehydes is 1. The molecule has 1 unspecified atom stereocenters. The molecule has 1 aliphatic carbocycles. The highest BCUT2D eigenvalue weighted by atomic mass is 16.8. The Bertz CT molecular complexity index is 1120. The topological polar surface area (TPSA) is 83.5 Å². The van der Waals surface area contributed by atoms with E-state index < -0.39 is 11.9 Å². The fourth-order valence-electron chi connectivity index (χ4n) is 6.05. The van der Waals surface area contributed by atoms with Crippen molar-refractivity contribution < 1.29 is 33.3 Å². The maximum Gasteiger partial charge on any atom is 0.415 e. The molecule has 0 bridgehead atoms. The van der Waals surface area contributed by atoms with E-state index in [9.17, 15) is 9.59 Å². The Hall–Kier alpha value is -3.10. The smallest absolute Gasteiger partial charge is 0.415 e. The fraction of sp³-hybridized carbons (Fsp3) is 0.462. The summed E-state index contributed by atoms with van der Waals surface area (Å²) in [4.78, 5) is 27.3. The van der Waals surface area contributed by atoms with Crippen LogP contribution in [0.3, 0.4) is 0 Å². The van der Waals surface area contributed by atoms with Gasteiger partial charge in [0.15, 0.2) is 17.3 Å². The van der Waals surface area contributed by atoms with E-state index in [1.807, 2.05) is 38.1 Å². The fourth-order valence-corrected chi connectivity index (χ4v) is 6.05. The van der Waals surface area contributed by atoms with Crippen molar-refractivity contribution >= 4 is 12.4 Å². The lowest BCUT2D eigenvalue weighted by atomic mass is 9.70. The zero-order valence-corrected chi connectivity index (χ0v) is 19.1. The number of hydrogen-bond acceptors (Lipinski definition) is 7. The van der Waals surface area contributed by atoms with Gasteiger partial charge in [0.2, 0.25) is 6.79 Å². The molecule has 3 fully saturated rings. The standard InChI is InChI=1S/C26H27NO7/c1-26(2)33-21-10-15-8-9-27(25(29)32-17-6-4-3-5-7-17)23(15)22(24(21)34-26)18-12-20-19(30-14-31-20)11-16(18)13-28/h3-7,11-13,15,21-24H,8-10,14H2,1-2H3/t15-,21?,22+,23-,24+/m1/s1. The summed E-state index contributed by atoms with van der Waals surface area (Å²) in [6, 6.07) is 12.4. The number of hydrogen-bond donors (Lipinski definition) is 0. The molecule has 3 aliphatic heterocycles. The lowest BCUT2D eigenvalue weighted by Crippen LogP contribution is -2.52. The minimum atomic E-state index is -0.751.